The summed E-state index contributed by atoms with van der Waals surface area (Å²) in [7, 11) is 0. The van der Waals surface area contributed by atoms with Crippen molar-refractivity contribution in [2.75, 3.05) is 18.4 Å². The standard InChI is InChI=1S/C22H27N5O3S/c1-5-19(28)26-8-6-15(12-26)30-20-16-7-9-27(13-22(3,4)29)17(16)10-18(24-20)25-21-23-11-14(2)31-21/h5,7,9-11,15,29H,1,6,8,12-13H2,2-4H3,(H,23,24,25). The predicted octanol–water partition coefficient (Wildman–Crippen LogP) is 3.48. The zero-order chi connectivity index (χ0) is 22.2. The molecule has 0 saturated carbocycles. The van der Waals surface area contributed by atoms with Gasteiger partial charge in [0.05, 0.1) is 29.6 Å². The second-order valence-electron chi connectivity index (χ2n) is 8.42. The molecule has 1 fully saturated rings. The smallest absolute Gasteiger partial charge is 0.246 e. The van der Waals surface area contributed by atoms with Gasteiger partial charge in [-0.05, 0) is 32.9 Å². The van der Waals surface area contributed by atoms with Crippen molar-refractivity contribution in [2.24, 2.45) is 0 Å². The Morgan fingerprint density at radius 3 is 3.00 bits per heavy atom. The summed E-state index contributed by atoms with van der Waals surface area (Å²) in [4.78, 5) is 23.8. The fourth-order valence-corrected chi connectivity index (χ4v) is 4.37. The SMILES string of the molecule is C=CC(=O)N1CCC(Oc2nc(Nc3ncc(C)s3)cc3c2ccn3CC(C)(C)O)C1. The molecule has 1 saturated heterocycles. The molecule has 1 aliphatic heterocycles. The van der Waals surface area contributed by atoms with Crippen LogP contribution in [0.3, 0.4) is 0 Å². The maximum atomic E-state index is 11.9. The molecule has 1 unspecified atom stereocenters. The highest BCUT2D eigenvalue weighted by Gasteiger charge is 2.28. The number of hydrogen-bond acceptors (Lipinski definition) is 7. The van der Waals surface area contributed by atoms with E-state index in [4.69, 9.17) is 9.72 Å². The van der Waals surface area contributed by atoms with Crippen molar-refractivity contribution in [1.29, 1.82) is 0 Å². The summed E-state index contributed by atoms with van der Waals surface area (Å²) in [6.45, 7) is 10.7. The van der Waals surface area contributed by atoms with Crippen molar-refractivity contribution < 1.29 is 14.6 Å². The van der Waals surface area contributed by atoms with E-state index in [2.05, 4.69) is 16.9 Å². The molecule has 164 valence electrons. The molecule has 8 nitrogen and oxygen atoms in total. The van der Waals surface area contributed by atoms with Gasteiger partial charge in [-0.1, -0.05) is 6.58 Å². The third kappa shape index (κ3) is 4.88. The zero-order valence-corrected chi connectivity index (χ0v) is 18.8. The second kappa shape index (κ2) is 8.32. The Morgan fingerprint density at radius 1 is 1.52 bits per heavy atom. The van der Waals surface area contributed by atoms with E-state index in [1.54, 1.807) is 30.1 Å². The molecule has 31 heavy (non-hydrogen) atoms. The summed E-state index contributed by atoms with van der Waals surface area (Å²) in [6, 6.07) is 3.88. The van der Waals surface area contributed by atoms with E-state index < -0.39 is 5.60 Å². The lowest BCUT2D eigenvalue weighted by molar-refractivity contribution is -0.125. The van der Waals surface area contributed by atoms with E-state index in [-0.39, 0.29) is 12.0 Å². The lowest BCUT2D eigenvalue weighted by Gasteiger charge is -2.20. The van der Waals surface area contributed by atoms with Crippen LogP contribution in [-0.2, 0) is 11.3 Å². The molecule has 1 atom stereocenters. The molecule has 4 heterocycles. The summed E-state index contributed by atoms with van der Waals surface area (Å²) < 4.78 is 8.26. The first-order chi connectivity index (χ1) is 14.7. The van der Waals surface area contributed by atoms with Crippen molar-refractivity contribution in [3.8, 4) is 5.88 Å². The summed E-state index contributed by atoms with van der Waals surface area (Å²) in [6.07, 6.45) is 5.65. The van der Waals surface area contributed by atoms with E-state index in [0.29, 0.717) is 31.3 Å². The van der Waals surface area contributed by atoms with Crippen LogP contribution in [0.5, 0.6) is 5.88 Å². The van der Waals surface area contributed by atoms with Crippen LogP contribution in [-0.4, -0.2) is 55.2 Å². The number of carbonyl (C=O) groups excluding carboxylic acids is 1. The van der Waals surface area contributed by atoms with Crippen LogP contribution in [0, 0.1) is 6.92 Å². The highest BCUT2D eigenvalue weighted by atomic mass is 32.1. The number of anilines is 2. The van der Waals surface area contributed by atoms with Gasteiger partial charge in [-0.2, -0.15) is 4.98 Å². The molecule has 9 heteroatoms. The van der Waals surface area contributed by atoms with Gasteiger partial charge >= 0.3 is 0 Å². The summed E-state index contributed by atoms with van der Waals surface area (Å²) in [5.41, 5.74) is 0.0349. The van der Waals surface area contributed by atoms with E-state index in [0.717, 1.165) is 27.3 Å². The van der Waals surface area contributed by atoms with Gasteiger partial charge in [0.25, 0.3) is 0 Å². The van der Waals surface area contributed by atoms with Crippen molar-refractivity contribution in [3.05, 3.63) is 42.1 Å². The minimum atomic E-state index is -0.868. The average molecular weight is 442 g/mol. The molecule has 2 N–H and O–H groups in total. The second-order valence-corrected chi connectivity index (χ2v) is 9.65. The fraction of sp³-hybridized carbons (Fsp3) is 0.409. The Bertz CT molecular complexity index is 1110. The number of pyridine rings is 1. The Morgan fingerprint density at radius 2 is 2.32 bits per heavy atom. The predicted molar refractivity (Wildman–Crippen MR) is 122 cm³/mol. The average Bonchev–Trinajstić information content (AvgIpc) is 3.42. The third-order valence-electron chi connectivity index (χ3n) is 5.06. The van der Waals surface area contributed by atoms with Crippen molar-refractivity contribution >= 4 is 39.1 Å². The molecule has 1 amide bonds. The molecular formula is C22H27N5O3S. The number of aromatic nitrogens is 3. The van der Waals surface area contributed by atoms with Crippen LogP contribution in [0.15, 0.2) is 37.2 Å². The molecule has 0 aliphatic carbocycles. The molecule has 0 radical (unpaired) electrons. The lowest BCUT2D eigenvalue weighted by Crippen LogP contribution is -2.29. The number of likely N-dealkylation sites (tertiary alicyclic amines) is 1. The molecule has 0 bridgehead atoms. The van der Waals surface area contributed by atoms with Crippen LogP contribution >= 0.6 is 11.3 Å². The number of nitrogens with zero attached hydrogens (tertiary/aromatic N) is 4. The van der Waals surface area contributed by atoms with Gasteiger partial charge in [-0.15, -0.1) is 11.3 Å². The summed E-state index contributed by atoms with van der Waals surface area (Å²) >= 11 is 1.55. The molecule has 3 aromatic heterocycles. The van der Waals surface area contributed by atoms with Gasteiger partial charge in [-0.25, -0.2) is 4.98 Å². The number of nitrogens with one attached hydrogen (secondary N) is 1. The molecule has 1 aliphatic rings. The molecule has 0 spiro atoms. The van der Waals surface area contributed by atoms with Crippen molar-refractivity contribution in [2.45, 2.75) is 45.4 Å². The van der Waals surface area contributed by atoms with Gasteiger partial charge in [0, 0.05) is 36.3 Å². The van der Waals surface area contributed by atoms with E-state index in [9.17, 15) is 9.90 Å². The minimum absolute atomic E-state index is 0.0879. The Kier molecular flexibility index (Phi) is 5.72. The number of carbonyl (C=O) groups is 1. The number of aryl methyl sites for hydroxylation is 1. The van der Waals surface area contributed by atoms with Crippen LogP contribution in [0.4, 0.5) is 10.9 Å². The zero-order valence-electron chi connectivity index (χ0n) is 18.0. The van der Waals surface area contributed by atoms with Crippen LogP contribution in [0.25, 0.3) is 10.9 Å². The van der Waals surface area contributed by atoms with Gasteiger partial charge in [-0.3, -0.25) is 4.79 Å². The van der Waals surface area contributed by atoms with Crippen LogP contribution in [0.2, 0.25) is 0 Å². The van der Waals surface area contributed by atoms with E-state index >= 15 is 0 Å². The Labute approximate surface area is 185 Å². The molecule has 4 rings (SSSR count). The number of amides is 1. The van der Waals surface area contributed by atoms with E-state index in [1.165, 1.54) is 6.08 Å². The Hall–Kier alpha value is -2.91. The number of ether oxygens (including phenoxy) is 1. The molecule has 3 aromatic rings. The highest BCUT2D eigenvalue weighted by molar-refractivity contribution is 7.15. The number of thiazole rings is 1. The van der Waals surface area contributed by atoms with E-state index in [1.807, 2.05) is 36.0 Å². The number of hydrogen-bond donors (Lipinski definition) is 2. The first-order valence-electron chi connectivity index (χ1n) is 10.2. The van der Waals surface area contributed by atoms with Gasteiger partial charge in [0.1, 0.15) is 11.9 Å². The van der Waals surface area contributed by atoms with Crippen LogP contribution in [0.1, 0.15) is 25.1 Å². The van der Waals surface area contributed by atoms with Gasteiger partial charge in [0.2, 0.25) is 11.8 Å². The summed E-state index contributed by atoms with van der Waals surface area (Å²) in [5, 5.41) is 15.2. The Balaban J connectivity index is 1.67. The van der Waals surface area contributed by atoms with Gasteiger partial charge < -0.3 is 24.6 Å². The topological polar surface area (TPSA) is 92.5 Å². The number of fused-ring (bicyclic) bond motifs is 1. The molecular weight excluding hydrogens is 414 g/mol. The minimum Gasteiger partial charge on any atom is -0.472 e. The maximum Gasteiger partial charge on any atom is 0.246 e. The maximum absolute atomic E-state index is 11.9. The normalized spacial score (nSPS) is 16.6. The third-order valence-corrected chi connectivity index (χ3v) is 5.88. The van der Waals surface area contributed by atoms with Crippen molar-refractivity contribution in [1.82, 2.24) is 19.4 Å². The highest BCUT2D eigenvalue weighted by Crippen LogP contribution is 2.32. The van der Waals surface area contributed by atoms with Gasteiger partial charge in [0.15, 0.2) is 5.13 Å². The van der Waals surface area contributed by atoms with Crippen LogP contribution < -0.4 is 10.1 Å². The first-order valence-corrected chi connectivity index (χ1v) is 11.0. The van der Waals surface area contributed by atoms with Crippen molar-refractivity contribution in [3.63, 3.8) is 0 Å². The number of rotatable bonds is 7. The monoisotopic (exact) mass is 441 g/mol. The number of aliphatic hydroxyl groups is 1. The lowest BCUT2D eigenvalue weighted by atomic mass is 10.1. The fourth-order valence-electron chi connectivity index (χ4n) is 3.70. The summed E-state index contributed by atoms with van der Waals surface area (Å²) in [5.74, 6) is 1.03. The first kappa shape index (κ1) is 21.3. The quantitative estimate of drug-likeness (QED) is 0.546. The molecule has 0 aromatic carbocycles. The largest absolute Gasteiger partial charge is 0.472 e.